The number of benzene rings is 1. The fourth-order valence-electron chi connectivity index (χ4n) is 2.35. The molecule has 2 N–H and O–H groups in total. The maximum atomic E-state index is 6.08. The van der Waals surface area contributed by atoms with E-state index in [0.717, 1.165) is 46.4 Å². The van der Waals surface area contributed by atoms with Crippen molar-refractivity contribution >= 4 is 15.9 Å². The monoisotopic (exact) mass is 303 g/mol. The second kappa shape index (κ2) is 4.78. The summed E-state index contributed by atoms with van der Waals surface area (Å²) in [6.45, 7) is 0. The Morgan fingerprint density at radius 2 is 2.11 bits per heavy atom. The van der Waals surface area contributed by atoms with Gasteiger partial charge in [0.2, 0.25) is 0 Å². The van der Waals surface area contributed by atoms with Crippen molar-refractivity contribution in [1.82, 2.24) is 9.97 Å². The number of aromatic nitrogens is 2. The molecule has 2 aromatic rings. The molecule has 0 bridgehead atoms. The number of hydrogen-bond donors (Lipinski definition) is 1. The Hall–Kier alpha value is -1.26. The van der Waals surface area contributed by atoms with Gasteiger partial charge in [-0.25, -0.2) is 9.97 Å². The van der Waals surface area contributed by atoms with Crippen LogP contribution in [0.5, 0.6) is 0 Å². The molecule has 0 saturated carbocycles. The van der Waals surface area contributed by atoms with E-state index in [0.29, 0.717) is 0 Å². The predicted molar refractivity (Wildman–Crippen MR) is 75.0 cm³/mol. The first-order valence-corrected chi connectivity index (χ1v) is 6.91. The van der Waals surface area contributed by atoms with Gasteiger partial charge in [-0.2, -0.15) is 0 Å². The van der Waals surface area contributed by atoms with Gasteiger partial charge < -0.3 is 5.73 Å². The van der Waals surface area contributed by atoms with Crippen LogP contribution in [-0.4, -0.2) is 9.97 Å². The lowest BCUT2D eigenvalue weighted by Crippen LogP contribution is -2.19. The van der Waals surface area contributed by atoms with E-state index in [1.54, 1.807) is 0 Å². The quantitative estimate of drug-likeness (QED) is 0.880. The largest absolute Gasteiger partial charge is 0.324 e. The van der Waals surface area contributed by atoms with Crippen LogP contribution in [0.3, 0.4) is 0 Å². The molecule has 1 unspecified atom stereocenters. The number of rotatable bonds is 1. The van der Waals surface area contributed by atoms with Crippen molar-refractivity contribution in [2.45, 2.75) is 25.3 Å². The summed E-state index contributed by atoms with van der Waals surface area (Å²) in [5, 5.41) is 0. The molecule has 1 aromatic carbocycles. The van der Waals surface area contributed by atoms with Crippen LogP contribution < -0.4 is 5.73 Å². The molecule has 0 aliphatic heterocycles. The topological polar surface area (TPSA) is 51.8 Å². The molecule has 1 aliphatic rings. The maximum absolute atomic E-state index is 6.08. The molecule has 3 nitrogen and oxygen atoms in total. The Labute approximate surface area is 115 Å². The van der Waals surface area contributed by atoms with Crippen molar-refractivity contribution in [2.75, 3.05) is 0 Å². The molecule has 0 fully saturated rings. The van der Waals surface area contributed by atoms with Crippen molar-refractivity contribution < 1.29 is 0 Å². The second-order valence-electron chi connectivity index (χ2n) is 4.57. The van der Waals surface area contributed by atoms with Gasteiger partial charge in [-0.1, -0.05) is 34.1 Å². The van der Waals surface area contributed by atoms with Crippen molar-refractivity contribution in [1.29, 1.82) is 0 Å². The van der Waals surface area contributed by atoms with Crippen LogP contribution >= 0.6 is 15.9 Å². The number of nitrogens with zero attached hydrogens (tertiary/aromatic N) is 2. The highest BCUT2D eigenvalue weighted by Gasteiger charge is 2.19. The highest BCUT2D eigenvalue weighted by Crippen LogP contribution is 2.30. The summed E-state index contributed by atoms with van der Waals surface area (Å²) >= 11 is 3.54. The van der Waals surface area contributed by atoms with Gasteiger partial charge in [-0.3, -0.25) is 0 Å². The minimum absolute atomic E-state index is 0.0991. The van der Waals surface area contributed by atoms with Gasteiger partial charge >= 0.3 is 0 Å². The van der Waals surface area contributed by atoms with Gasteiger partial charge in [0.1, 0.15) is 0 Å². The van der Waals surface area contributed by atoms with Crippen LogP contribution in [0.4, 0.5) is 0 Å². The highest BCUT2D eigenvalue weighted by atomic mass is 79.9. The number of nitrogens with two attached hydrogens (primary N) is 1. The zero-order chi connectivity index (χ0) is 12.5. The fourth-order valence-corrected chi connectivity index (χ4v) is 2.82. The van der Waals surface area contributed by atoms with E-state index in [1.165, 1.54) is 0 Å². The van der Waals surface area contributed by atoms with E-state index in [1.807, 2.05) is 30.5 Å². The first-order valence-electron chi connectivity index (χ1n) is 6.12. The first kappa shape index (κ1) is 11.8. The van der Waals surface area contributed by atoms with Crippen molar-refractivity contribution in [3.8, 4) is 11.4 Å². The number of hydrogen-bond acceptors (Lipinski definition) is 3. The molecule has 92 valence electrons. The summed E-state index contributed by atoms with van der Waals surface area (Å²) in [5.74, 6) is 0.773. The van der Waals surface area contributed by atoms with Gasteiger partial charge in [0.25, 0.3) is 0 Å². The molecule has 1 heterocycles. The van der Waals surface area contributed by atoms with Crippen LogP contribution in [-0.2, 0) is 6.42 Å². The normalized spacial score (nSPS) is 18.4. The number of halogens is 1. The van der Waals surface area contributed by atoms with Crippen LogP contribution in [0.25, 0.3) is 11.4 Å². The molecule has 0 radical (unpaired) electrons. The van der Waals surface area contributed by atoms with Gasteiger partial charge in [0.05, 0.1) is 0 Å². The smallest absolute Gasteiger partial charge is 0.160 e. The third-order valence-corrected chi connectivity index (χ3v) is 4.03. The predicted octanol–water partition coefficient (Wildman–Crippen LogP) is 3.24. The van der Waals surface area contributed by atoms with Gasteiger partial charge in [-0.05, 0) is 25.3 Å². The van der Waals surface area contributed by atoms with Crippen molar-refractivity contribution in [2.24, 2.45) is 5.73 Å². The lowest BCUT2D eigenvalue weighted by atomic mass is 9.93. The zero-order valence-corrected chi connectivity index (χ0v) is 11.5. The number of fused-ring (bicyclic) bond motifs is 1. The van der Waals surface area contributed by atoms with E-state index in [2.05, 4.69) is 25.9 Å². The Bertz CT molecular complexity index is 583. The molecule has 18 heavy (non-hydrogen) atoms. The van der Waals surface area contributed by atoms with E-state index in [4.69, 9.17) is 5.73 Å². The molecule has 1 aliphatic carbocycles. The van der Waals surface area contributed by atoms with E-state index < -0.39 is 0 Å². The average molecular weight is 304 g/mol. The van der Waals surface area contributed by atoms with Gasteiger partial charge in [0, 0.05) is 33.5 Å². The summed E-state index contributed by atoms with van der Waals surface area (Å²) in [4.78, 5) is 9.13. The van der Waals surface area contributed by atoms with Crippen LogP contribution in [0.15, 0.2) is 34.9 Å². The molecule has 3 rings (SSSR count). The molecule has 1 atom stereocenters. The Balaban J connectivity index is 2.08. The van der Waals surface area contributed by atoms with E-state index in [-0.39, 0.29) is 6.04 Å². The van der Waals surface area contributed by atoms with Crippen LogP contribution in [0, 0.1) is 0 Å². The summed E-state index contributed by atoms with van der Waals surface area (Å²) < 4.78 is 1.02. The molecule has 1 aromatic heterocycles. The van der Waals surface area contributed by atoms with E-state index in [9.17, 15) is 0 Å². The minimum atomic E-state index is 0.0991. The van der Waals surface area contributed by atoms with Crippen molar-refractivity contribution in [3.63, 3.8) is 0 Å². The first-order chi connectivity index (χ1) is 8.75. The molecular weight excluding hydrogens is 290 g/mol. The second-order valence-corrected chi connectivity index (χ2v) is 5.43. The summed E-state index contributed by atoms with van der Waals surface area (Å²) in [7, 11) is 0. The zero-order valence-electron chi connectivity index (χ0n) is 9.94. The Kier molecular flexibility index (Phi) is 3.14. The lowest BCUT2D eigenvalue weighted by molar-refractivity contribution is 0.557. The third kappa shape index (κ3) is 2.06. The maximum Gasteiger partial charge on any atom is 0.160 e. The molecule has 0 spiro atoms. The minimum Gasteiger partial charge on any atom is -0.324 e. The molecular formula is C14H14BrN3. The Morgan fingerprint density at radius 1 is 1.28 bits per heavy atom. The van der Waals surface area contributed by atoms with Gasteiger partial charge in [0.15, 0.2) is 5.82 Å². The van der Waals surface area contributed by atoms with Crippen LogP contribution in [0.2, 0.25) is 0 Å². The lowest BCUT2D eigenvalue weighted by Gasteiger charge is -2.21. The summed E-state index contributed by atoms with van der Waals surface area (Å²) in [6.07, 6.45) is 5.04. The third-order valence-electron chi connectivity index (χ3n) is 3.34. The fraction of sp³-hybridized carbons (Fsp3) is 0.286. The standard InChI is InChI=1S/C14H14BrN3/c15-11-5-2-1-4-9(11)14-17-8-10-12(16)6-3-7-13(10)18-14/h1-2,4-5,8,12H,3,6-7,16H2. The Morgan fingerprint density at radius 3 is 2.94 bits per heavy atom. The average Bonchev–Trinajstić information content (AvgIpc) is 2.39. The van der Waals surface area contributed by atoms with Gasteiger partial charge in [-0.15, -0.1) is 0 Å². The van der Waals surface area contributed by atoms with Crippen molar-refractivity contribution in [3.05, 3.63) is 46.2 Å². The number of aryl methyl sites for hydroxylation is 1. The molecule has 0 saturated heterocycles. The summed E-state index contributed by atoms with van der Waals surface area (Å²) in [6, 6.07) is 8.11. The highest BCUT2D eigenvalue weighted by molar-refractivity contribution is 9.10. The van der Waals surface area contributed by atoms with Crippen LogP contribution in [0.1, 0.15) is 30.1 Å². The molecule has 0 amide bonds. The van der Waals surface area contributed by atoms with E-state index >= 15 is 0 Å². The molecule has 4 heteroatoms. The SMILES string of the molecule is NC1CCCc2nc(-c3ccccc3Br)ncc21. The summed E-state index contributed by atoms with van der Waals surface area (Å²) in [5.41, 5.74) is 9.32.